The summed E-state index contributed by atoms with van der Waals surface area (Å²) in [4.78, 5) is 64.3. The Balaban J connectivity index is 0.00000325. The van der Waals surface area contributed by atoms with E-state index in [1.807, 2.05) is 18.2 Å². The van der Waals surface area contributed by atoms with E-state index in [9.17, 15) is 24.0 Å². The minimum absolute atomic E-state index is 0.0166. The molecule has 52 heavy (non-hydrogen) atoms. The van der Waals surface area contributed by atoms with Crippen molar-refractivity contribution in [3.8, 4) is 0 Å². The first kappa shape index (κ1) is 41.8. The first-order valence-electron chi connectivity index (χ1n) is 18.8. The number of Topliss-reactive ketones (excluding diaryl/α,β-unsaturated/α-hetero) is 1. The normalized spacial score (nSPS) is 18.3. The van der Waals surface area contributed by atoms with Crippen molar-refractivity contribution in [2.45, 2.75) is 116 Å². The largest absolute Gasteiger partial charge is 0.400 e. The maximum Gasteiger partial charge on any atom is 0.330 e. The summed E-state index contributed by atoms with van der Waals surface area (Å²) in [6.45, 7) is 8.60. The summed E-state index contributed by atoms with van der Waals surface area (Å²) in [6.07, 6.45) is 7.58. The second-order valence-corrected chi connectivity index (χ2v) is 15.3. The number of thioether (sulfide) groups is 1. The zero-order chi connectivity index (χ0) is 40.0. The molecule has 2 aromatic rings. The van der Waals surface area contributed by atoms with Crippen LogP contribution in [0.25, 0.3) is 6.08 Å². The highest BCUT2D eigenvalue weighted by Crippen LogP contribution is 2.49. The van der Waals surface area contributed by atoms with E-state index >= 15 is 0 Å². The summed E-state index contributed by atoms with van der Waals surface area (Å²) >= 11 is 1.18. The molecule has 1 amide bonds. The molecule has 0 saturated carbocycles. The van der Waals surface area contributed by atoms with Gasteiger partial charge in [-0.2, -0.15) is 0 Å². The molecule has 15 heteroatoms. The number of aromatic nitrogens is 2. The number of H-pyrrole nitrogens is 1. The number of ketones is 1. The molecule has 0 bridgehead atoms. The van der Waals surface area contributed by atoms with Gasteiger partial charge < -0.3 is 24.2 Å². The molecule has 1 aliphatic heterocycles. The zero-order valence-corrected chi connectivity index (χ0v) is 32.9. The summed E-state index contributed by atoms with van der Waals surface area (Å²) in [6, 6.07) is 9.37. The number of carbonyl (C=O) groups excluding carboxylic acids is 3. The third-order valence-corrected chi connectivity index (χ3v) is 11.1. The van der Waals surface area contributed by atoms with Gasteiger partial charge in [-0.1, -0.05) is 61.4 Å². The lowest BCUT2D eigenvalue weighted by atomic mass is 10.1. The number of carbonyl (C=O) groups is 3. The molecule has 3 N–H and O–H groups in total. The van der Waals surface area contributed by atoms with Crippen LogP contribution in [0.5, 0.6) is 0 Å². The number of hydrogen-bond donors (Lipinski definition) is 3. The molecule has 1 saturated heterocycles. The van der Waals surface area contributed by atoms with Crippen LogP contribution >= 0.6 is 20.3 Å². The number of hydrogen-bond acceptors (Lipinski definition) is 11. The maximum absolute atomic E-state index is 12.8. The first-order valence-corrected chi connectivity index (χ1v) is 19.8. The number of ether oxygens (including phenoxy) is 1. The molecule has 1 fully saturated rings. The van der Waals surface area contributed by atoms with Crippen molar-refractivity contribution in [1.29, 1.82) is 1.43 Å². The molecule has 2 heterocycles. The van der Waals surface area contributed by atoms with Crippen LogP contribution in [0.4, 0.5) is 0 Å². The molecule has 290 valence electrons. The Hall–Kier alpha value is -2.97. The number of nitrogens with one attached hydrogen (secondary N) is 2. The molecular weight excluding hydrogens is 707 g/mol. The fourth-order valence-corrected chi connectivity index (χ4v) is 7.96. The molecule has 13 nitrogen and oxygen atoms in total. The van der Waals surface area contributed by atoms with Crippen molar-refractivity contribution in [1.82, 2.24) is 19.5 Å². The summed E-state index contributed by atoms with van der Waals surface area (Å²) in [5.41, 5.74) is -0.530. The fourth-order valence-electron chi connectivity index (χ4n) is 5.55. The third-order valence-electron chi connectivity index (χ3n) is 8.08. The average Bonchev–Trinajstić information content (AvgIpc) is 3.54. The Bertz CT molecular complexity index is 1570. The lowest BCUT2D eigenvalue weighted by molar-refractivity contribution is -0.119. The number of unbranched alkanes of at least 4 members (excludes halogenated alkanes) is 4. The predicted molar refractivity (Wildman–Crippen MR) is 207 cm³/mol. The van der Waals surface area contributed by atoms with Gasteiger partial charge in [0.15, 0.2) is 0 Å². The third kappa shape index (κ3) is 15.2. The number of rotatable bonds is 21. The molecule has 0 spiro atoms. The van der Waals surface area contributed by atoms with Crippen LogP contribution in [-0.2, 0) is 23.4 Å². The Morgan fingerprint density at radius 2 is 1.83 bits per heavy atom. The molecule has 0 radical (unpaired) electrons. The highest BCUT2D eigenvalue weighted by atomic mass is 32.2. The molecular formula is C37H57N4O9PS. The number of nitrogens with zero attached hydrogens (tertiary/aromatic N) is 2. The van der Waals surface area contributed by atoms with Crippen molar-refractivity contribution in [3.05, 3.63) is 74.6 Å². The van der Waals surface area contributed by atoms with Gasteiger partial charge in [0.1, 0.15) is 12.0 Å². The van der Waals surface area contributed by atoms with Crippen LogP contribution in [0.2, 0.25) is 0 Å². The summed E-state index contributed by atoms with van der Waals surface area (Å²) in [5.74, 6) is 0.289. The maximum atomic E-state index is 12.8. The SMILES string of the molecule is [2H]C[C@H]1O[C@@H](n2cc(/C=C/C(=O)NCCCCCCCC(=O)CCSC(=O)c3ccccc3)c(=O)[nH]c2=O)C[C@H]1OP(OC)N(C(C)C)C(C)C.[3H]OC. The van der Waals surface area contributed by atoms with Gasteiger partial charge in [0.05, 0.1) is 17.8 Å². The van der Waals surface area contributed by atoms with Crippen LogP contribution < -0.4 is 16.6 Å². The van der Waals surface area contributed by atoms with E-state index in [2.05, 4.69) is 47.8 Å². The summed E-state index contributed by atoms with van der Waals surface area (Å²) in [5, 5.41) is 6.29. The van der Waals surface area contributed by atoms with Gasteiger partial charge >= 0.3 is 5.69 Å². The number of aromatic amines is 1. The van der Waals surface area contributed by atoms with Crippen molar-refractivity contribution in [2.24, 2.45) is 0 Å². The first-order chi connectivity index (χ1) is 25.9. The van der Waals surface area contributed by atoms with Gasteiger partial charge in [0.2, 0.25) is 12.5 Å². The smallest absolute Gasteiger partial charge is 0.330 e. The fraction of sp³-hybridized carbons (Fsp3) is 0.595. The number of aliphatic hydroxyl groups is 1. The summed E-state index contributed by atoms with van der Waals surface area (Å²) in [7, 11) is 1.44. The molecule has 0 aliphatic carbocycles. The molecule has 1 aliphatic rings. The van der Waals surface area contributed by atoms with E-state index in [-0.39, 0.29) is 47.8 Å². The molecule has 4 atom stereocenters. The van der Waals surface area contributed by atoms with E-state index in [4.69, 9.17) is 16.6 Å². The van der Waals surface area contributed by atoms with Crippen LogP contribution in [-0.4, -0.2) is 88.4 Å². The monoisotopic (exact) mass is 767 g/mol. The molecule has 1 aromatic carbocycles. The van der Waals surface area contributed by atoms with E-state index < -0.39 is 38.2 Å². The van der Waals surface area contributed by atoms with E-state index in [1.165, 1.54) is 41.8 Å². The second-order valence-electron chi connectivity index (χ2n) is 12.7. The lowest BCUT2D eigenvalue weighted by Crippen LogP contribution is -2.35. The van der Waals surface area contributed by atoms with Gasteiger partial charge in [-0.3, -0.25) is 28.7 Å². The van der Waals surface area contributed by atoms with Gasteiger partial charge in [0, 0.05) is 77.1 Å². The van der Waals surface area contributed by atoms with Crippen LogP contribution in [0, 0.1) is 0 Å². The number of aliphatic hydroxyl groups excluding tert-OH is 1. The molecule has 1 aromatic heterocycles. The quantitative estimate of drug-likeness (QED) is 0.0794. The minimum Gasteiger partial charge on any atom is -0.400 e. The Morgan fingerprint density at radius 1 is 1.15 bits per heavy atom. The van der Waals surface area contributed by atoms with Gasteiger partial charge in [-0.05, 0) is 53.5 Å². The molecule has 3 rings (SSSR count). The molecule has 1 unspecified atom stereocenters. The van der Waals surface area contributed by atoms with Crippen molar-refractivity contribution in [2.75, 3.05) is 26.5 Å². The van der Waals surface area contributed by atoms with Crippen LogP contribution in [0.3, 0.4) is 0 Å². The lowest BCUT2D eigenvalue weighted by Gasteiger charge is -2.36. The van der Waals surface area contributed by atoms with Crippen molar-refractivity contribution in [3.63, 3.8) is 0 Å². The Kier molecular flexibility index (Phi) is 19.6. The highest BCUT2D eigenvalue weighted by Gasteiger charge is 2.39. The summed E-state index contributed by atoms with van der Waals surface area (Å²) < 4.78 is 35.2. The van der Waals surface area contributed by atoms with E-state index in [1.54, 1.807) is 19.2 Å². The topological polar surface area (TPSA) is 169 Å². The van der Waals surface area contributed by atoms with Gasteiger partial charge in [0.25, 0.3) is 14.1 Å². The number of benzene rings is 1. The Labute approximate surface area is 315 Å². The predicted octanol–water partition coefficient (Wildman–Crippen LogP) is 5.83. The second kappa shape index (κ2) is 24.4. The van der Waals surface area contributed by atoms with E-state index in [0.29, 0.717) is 30.7 Å². The van der Waals surface area contributed by atoms with Crippen LogP contribution in [0.1, 0.15) is 109 Å². The van der Waals surface area contributed by atoms with Gasteiger partial charge in [-0.25, -0.2) is 9.46 Å². The standard InChI is InChI=1S/C36H53N4O8PS.CH4O/c1-25(2)40(26(3)4)49(46-6)48-31-23-33(47-27(31)5)39-24-29(34(43)38-36(39)45)18-19-32(42)37-21-14-9-7-8-13-17-30(41)20-22-50-35(44)28-15-11-10-12-16-28;1-2/h10-12,15-16,18-19,24-27,31,33H,7-9,13-14,17,20-23H2,1-6H3,(H,37,42)(H,38,43,45);2H,1H3/b19-18+;/t27-,31-,33-,49?;/m1./s1/i5D;2T. The van der Waals surface area contributed by atoms with Crippen molar-refractivity contribution < 1.29 is 34.6 Å². The highest BCUT2D eigenvalue weighted by molar-refractivity contribution is 8.14. The Morgan fingerprint density at radius 3 is 2.48 bits per heavy atom. The minimum atomic E-state index is -1.44. The number of amides is 1. The average molecular weight is 768 g/mol. The zero-order valence-electron chi connectivity index (χ0n) is 33.2. The van der Waals surface area contributed by atoms with Gasteiger partial charge in [-0.15, -0.1) is 0 Å². The van der Waals surface area contributed by atoms with E-state index in [0.717, 1.165) is 32.1 Å². The van der Waals surface area contributed by atoms with Crippen molar-refractivity contribution >= 4 is 43.2 Å². The van der Waals surface area contributed by atoms with Crippen LogP contribution in [0.15, 0.2) is 52.2 Å².